The van der Waals surface area contributed by atoms with E-state index in [0.29, 0.717) is 22.9 Å². The number of methoxy groups -OCH3 is 1. The lowest BCUT2D eigenvalue weighted by atomic mass is 10.0. The van der Waals surface area contributed by atoms with Gasteiger partial charge < -0.3 is 15.0 Å². The third kappa shape index (κ3) is 9.64. The number of halogens is 2. The molecule has 0 radical (unpaired) electrons. The molecule has 0 aliphatic rings. The molecule has 3 rings (SSSR count). The van der Waals surface area contributed by atoms with Crippen molar-refractivity contribution in [2.45, 2.75) is 51.7 Å². The van der Waals surface area contributed by atoms with Gasteiger partial charge in [0.05, 0.1) is 24.1 Å². The predicted molar refractivity (Wildman–Crippen MR) is 169 cm³/mol. The van der Waals surface area contributed by atoms with Crippen molar-refractivity contribution in [3.63, 3.8) is 0 Å². The number of hydrogen-bond donors (Lipinski definition) is 1. The molecule has 0 aliphatic carbocycles. The van der Waals surface area contributed by atoms with Gasteiger partial charge in [0.15, 0.2) is 0 Å². The first-order chi connectivity index (χ1) is 19.9. The van der Waals surface area contributed by atoms with Crippen LogP contribution in [-0.4, -0.2) is 57.1 Å². The Bertz CT molecular complexity index is 1450. The first-order valence-corrected chi connectivity index (χ1v) is 16.2. The Hall–Kier alpha value is -3.27. The molecule has 0 saturated heterocycles. The van der Waals surface area contributed by atoms with Gasteiger partial charge in [-0.15, -0.1) is 0 Å². The Labute approximate surface area is 258 Å². The zero-order valence-electron chi connectivity index (χ0n) is 24.2. The number of nitrogens with one attached hydrogen (secondary N) is 1. The van der Waals surface area contributed by atoms with Crippen LogP contribution in [0.2, 0.25) is 10.0 Å². The minimum Gasteiger partial charge on any atom is -0.495 e. The highest BCUT2D eigenvalue weighted by atomic mass is 35.5. The lowest BCUT2D eigenvalue weighted by Crippen LogP contribution is -2.51. The Kier molecular flexibility index (Phi) is 12.1. The number of sulfonamides is 1. The number of hydrogen-bond acceptors (Lipinski definition) is 5. The van der Waals surface area contributed by atoms with Crippen LogP contribution in [0.15, 0.2) is 72.8 Å². The summed E-state index contributed by atoms with van der Waals surface area (Å²) in [6.45, 7) is 3.97. The van der Waals surface area contributed by atoms with E-state index in [2.05, 4.69) is 5.32 Å². The largest absolute Gasteiger partial charge is 0.495 e. The summed E-state index contributed by atoms with van der Waals surface area (Å²) in [5.41, 5.74) is 2.09. The SMILES string of the molecule is COc1ccc(N(CCCC(=O)N(Cc2ccc(Cl)cc2)C(Cc2ccccc2)C(=O)NC(C)C)S(C)(=O)=O)cc1Cl. The molecule has 42 heavy (non-hydrogen) atoms. The van der Waals surface area contributed by atoms with Crippen LogP contribution in [0.1, 0.15) is 37.8 Å². The number of benzene rings is 3. The molecule has 0 heterocycles. The van der Waals surface area contributed by atoms with Crippen molar-refractivity contribution in [1.29, 1.82) is 0 Å². The van der Waals surface area contributed by atoms with E-state index in [4.69, 9.17) is 27.9 Å². The minimum atomic E-state index is -3.68. The van der Waals surface area contributed by atoms with E-state index in [1.54, 1.807) is 29.2 Å². The lowest BCUT2D eigenvalue weighted by molar-refractivity contribution is -0.141. The molecule has 0 aromatic heterocycles. The molecule has 0 saturated carbocycles. The highest BCUT2D eigenvalue weighted by Gasteiger charge is 2.31. The maximum atomic E-state index is 13.9. The number of anilines is 1. The number of nitrogens with zero attached hydrogens (tertiary/aromatic N) is 2. The fourth-order valence-electron chi connectivity index (χ4n) is 4.54. The molecule has 8 nitrogen and oxygen atoms in total. The van der Waals surface area contributed by atoms with E-state index < -0.39 is 16.1 Å². The molecule has 2 amide bonds. The number of amides is 2. The van der Waals surface area contributed by atoms with Crippen molar-refractivity contribution in [3.8, 4) is 5.75 Å². The molecule has 1 N–H and O–H groups in total. The van der Waals surface area contributed by atoms with Crippen molar-refractivity contribution in [2.24, 2.45) is 0 Å². The summed E-state index contributed by atoms with van der Waals surface area (Å²) in [7, 11) is -2.20. The van der Waals surface area contributed by atoms with Crippen molar-refractivity contribution in [2.75, 3.05) is 24.2 Å². The summed E-state index contributed by atoms with van der Waals surface area (Å²) in [5.74, 6) is -0.112. The molecular weight excluding hydrogens is 597 g/mol. The third-order valence-electron chi connectivity index (χ3n) is 6.54. The third-order valence-corrected chi connectivity index (χ3v) is 8.29. The van der Waals surface area contributed by atoms with Crippen LogP contribution in [0, 0.1) is 0 Å². The maximum Gasteiger partial charge on any atom is 0.243 e. The van der Waals surface area contributed by atoms with Gasteiger partial charge in [-0.3, -0.25) is 13.9 Å². The topological polar surface area (TPSA) is 96.0 Å². The van der Waals surface area contributed by atoms with Crippen LogP contribution in [0.4, 0.5) is 5.69 Å². The van der Waals surface area contributed by atoms with Gasteiger partial charge in [-0.2, -0.15) is 0 Å². The van der Waals surface area contributed by atoms with Crippen LogP contribution >= 0.6 is 23.2 Å². The second-order valence-corrected chi connectivity index (χ2v) is 13.0. The van der Waals surface area contributed by atoms with E-state index in [9.17, 15) is 18.0 Å². The van der Waals surface area contributed by atoms with E-state index in [1.165, 1.54) is 17.5 Å². The summed E-state index contributed by atoms with van der Waals surface area (Å²) in [4.78, 5) is 28.9. The average Bonchev–Trinajstić information content (AvgIpc) is 2.93. The Morgan fingerprint density at radius 2 is 1.62 bits per heavy atom. The fraction of sp³-hybridized carbons (Fsp3) is 0.355. The van der Waals surface area contributed by atoms with Crippen LogP contribution in [0.5, 0.6) is 5.75 Å². The minimum absolute atomic E-state index is 0.0176. The fourth-order valence-corrected chi connectivity index (χ4v) is 5.87. The molecule has 0 bridgehead atoms. The van der Waals surface area contributed by atoms with Gasteiger partial charge in [-0.05, 0) is 61.7 Å². The quantitative estimate of drug-likeness (QED) is 0.245. The Morgan fingerprint density at radius 3 is 2.19 bits per heavy atom. The van der Waals surface area contributed by atoms with Crippen molar-refractivity contribution < 1.29 is 22.7 Å². The van der Waals surface area contributed by atoms with E-state index in [0.717, 1.165) is 17.4 Å². The first kappa shape index (κ1) is 33.2. The van der Waals surface area contributed by atoms with Crippen LogP contribution in [-0.2, 0) is 32.6 Å². The van der Waals surface area contributed by atoms with E-state index in [-0.39, 0.29) is 48.8 Å². The summed E-state index contributed by atoms with van der Waals surface area (Å²) in [5, 5.41) is 3.80. The van der Waals surface area contributed by atoms with E-state index >= 15 is 0 Å². The summed E-state index contributed by atoms with van der Waals surface area (Å²) in [6.07, 6.45) is 1.66. The van der Waals surface area contributed by atoms with Gasteiger partial charge in [0.25, 0.3) is 0 Å². The summed E-state index contributed by atoms with van der Waals surface area (Å²) >= 11 is 12.3. The summed E-state index contributed by atoms with van der Waals surface area (Å²) < 4.78 is 31.7. The van der Waals surface area contributed by atoms with Gasteiger partial charge >= 0.3 is 0 Å². The maximum absolute atomic E-state index is 13.9. The molecule has 3 aromatic carbocycles. The van der Waals surface area contributed by atoms with Crippen molar-refractivity contribution >= 4 is 50.7 Å². The number of rotatable bonds is 14. The van der Waals surface area contributed by atoms with Crippen LogP contribution in [0.25, 0.3) is 0 Å². The predicted octanol–water partition coefficient (Wildman–Crippen LogP) is 5.71. The van der Waals surface area contributed by atoms with Gasteiger partial charge in [-0.1, -0.05) is 65.7 Å². The molecule has 3 aromatic rings. The zero-order chi connectivity index (χ0) is 30.9. The van der Waals surface area contributed by atoms with Crippen LogP contribution in [0.3, 0.4) is 0 Å². The number of carbonyl (C=O) groups is 2. The van der Waals surface area contributed by atoms with E-state index in [1.807, 2.05) is 56.3 Å². The smallest absolute Gasteiger partial charge is 0.243 e. The second kappa shape index (κ2) is 15.3. The van der Waals surface area contributed by atoms with Gasteiger partial charge in [0.2, 0.25) is 21.8 Å². The highest BCUT2D eigenvalue weighted by Crippen LogP contribution is 2.30. The molecule has 0 aliphatic heterocycles. The zero-order valence-corrected chi connectivity index (χ0v) is 26.5. The normalized spacial score (nSPS) is 12.1. The Morgan fingerprint density at radius 1 is 0.952 bits per heavy atom. The number of ether oxygens (including phenoxy) is 1. The van der Waals surface area contributed by atoms with Gasteiger partial charge in [0, 0.05) is 37.0 Å². The lowest BCUT2D eigenvalue weighted by Gasteiger charge is -2.32. The molecule has 0 spiro atoms. The second-order valence-electron chi connectivity index (χ2n) is 10.3. The van der Waals surface area contributed by atoms with Gasteiger partial charge in [0.1, 0.15) is 11.8 Å². The molecule has 1 atom stereocenters. The molecular formula is C31H37Cl2N3O5S. The number of carbonyl (C=O) groups excluding carboxylic acids is 2. The summed E-state index contributed by atoms with van der Waals surface area (Å²) in [6, 6.07) is 20.4. The van der Waals surface area contributed by atoms with Crippen molar-refractivity contribution in [1.82, 2.24) is 10.2 Å². The monoisotopic (exact) mass is 633 g/mol. The van der Waals surface area contributed by atoms with Gasteiger partial charge in [-0.25, -0.2) is 8.42 Å². The highest BCUT2D eigenvalue weighted by molar-refractivity contribution is 7.92. The molecule has 1 unspecified atom stereocenters. The Balaban J connectivity index is 1.88. The standard InChI is InChI=1S/C31H37Cl2N3O5S/c1-22(2)34-31(38)28(19-23-9-6-5-7-10-23)35(21-24-12-14-25(32)15-13-24)30(37)11-8-18-36(42(4,39)40)26-16-17-29(41-3)27(33)20-26/h5-7,9-10,12-17,20,22,28H,8,11,18-19,21H2,1-4H3,(H,34,38). The van der Waals surface area contributed by atoms with Crippen molar-refractivity contribution in [3.05, 3.63) is 94.0 Å². The molecule has 226 valence electrons. The average molecular weight is 635 g/mol. The molecule has 0 fully saturated rings. The first-order valence-electron chi connectivity index (χ1n) is 13.6. The van der Waals surface area contributed by atoms with Crippen LogP contribution < -0.4 is 14.4 Å². The molecule has 11 heteroatoms.